The van der Waals surface area contributed by atoms with Crippen LogP contribution in [0.1, 0.15) is 17.5 Å². The Balaban J connectivity index is 2.05. The number of nitrogens with two attached hydrogens (primary N) is 1. The van der Waals surface area contributed by atoms with E-state index < -0.39 is 16.6 Å². The second-order valence-corrected chi connectivity index (χ2v) is 6.54. The van der Waals surface area contributed by atoms with Gasteiger partial charge in [-0.2, -0.15) is 0 Å². The molecule has 1 heterocycles. The highest BCUT2D eigenvalue weighted by Crippen LogP contribution is 2.35. The second-order valence-electron chi connectivity index (χ2n) is 5.01. The number of rotatable bonds is 3. The minimum atomic E-state index is -3.90. The third kappa shape index (κ3) is 2.54. The lowest BCUT2D eigenvalue weighted by Gasteiger charge is -2.13. The Kier molecular flexibility index (Phi) is 3.56. The Hall–Kier alpha value is -2.09. The highest BCUT2D eigenvalue weighted by molar-refractivity contribution is 7.89. The summed E-state index contributed by atoms with van der Waals surface area (Å²) in [5.74, 6) is -0.252. The molecule has 1 aromatic rings. The van der Waals surface area contributed by atoms with E-state index in [1.54, 1.807) is 24.4 Å². The van der Waals surface area contributed by atoms with Crippen LogP contribution in [-0.4, -0.2) is 19.2 Å². The zero-order valence-electron chi connectivity index (χ0n) is 11.5. The van der Waals surface area contributed by atoms with E-state index in [9.17, 15) is 17.9 Å². The second kappa shape index (κ2) is 5.28. The van der Waals surface area contributed by atoms with Crippen molar-refractivity contribution in [2.45, 2.75) is 17.9 Å². The summed E-state index contributed by atoms with van der Waals surface area (Å²) in [4.78, 5) is 4.08. The van der Waals surface area contributed by atoms with Crippen molar-refractivity contribution >= 4 is 21.3 Å². The molecular formula is C15H13FN2O3S. The quantitative estimate of drug-likeness (QED) is 0.889. The normalized spacial score (nSPS) is 17.4. The van der Waals surface area contributed by atoms with E-state index in [-0.39, 0.29) is 22.7 Å². The summed E-state index contributed by atoms with van der Waals surface area (Å²) in [6, 6.07) is 4.51. The first-order valence-electron chi connectivity index (χ1n) is 6.51. The van der Waals surface area contributed by atoms with Gasteiger partial charge in [0.25, 0.3) is 0 Å². The number of fused-ring (bicyclic) bond motifs is 1. The molecule has 0 spiro atoms. The lowest BCUT2D eigenvalue weighted by Crippen LogP contribution is -2.15. The lowest BCUT2D eigenvalue weighted by molar-refractivity contribution is 0.278. The molecule has 2 aliphatic rings. The number of halogens is 1. The summed E-state index contributed by atoms with van der Waals surface area (Å²) < 4.78 is 36.2. The van der Waals surface area contributed by atoms with Crippen LogP contribution in [0.5, 0.6) is 0 Å². The van der Waals surface area contributed by atoms with Crippen LogP contribution in [0.15, 0.2) is 57.8 Å². The van der Waals surface area contributed by atoms with Gasteiger partial charge in [-0.3, -0.25) is 4.99 Å². The number of aliphatic hydroxyl groups excluding tert-OH is 1. The van der Waals surface area contributed by atoms with Crippen molar-refractivity contribution in [2.24, 2.45) is 10.1 Å². The summed E-state index contributed by atoms with van der Waals surface area (Å²) in [7, 11) is -3.90. The Morgan fingerprint density at radius 1 is 1.27 bits per heavy atom. The zero-order chi connectivity index (χ0) is 15.9. The van der Waals surface area contributed by atoms with Crippen molar-refractivity contribution in [3.63, 3.8) is 0 Å². The highest BCUT2D eigenvalue weighted by Gasteiger charge is 2.23. The maximum absolute atomic E-state index is 13.3. The molecule has 3 N–H and O–H groups in total. The Labute approximate surface area is 127 Å². The van der Waals surface area contributed by atoms with E-state index in [0.29, 0.717) is 11.3 Å². The third-order valence-electron chi connectivity index (χ3n) is 3.57. The summed E-state index contributed by atoms with van der Waals surface area (Å²) in [5, 5.41) is 14.5. The molecule has 0 bridgehead atoms. The molecule has 0 radical (unpaired) electrons. The molecule has 1 aliphatic carbocycles. The Bertz CT molecular complexity index is 880. The van der Waals surface area contributed by atoms with Crippen LogP contribution in [0, 0.1) is 0 Å². The van der Waals surface area contributed by atoms with E-state index in [1.165, 1.54) is 12.1 Å². The Morgan fingerprint density at radius 2 is 2.05 bits per heavy atom. The fraction of sp³-hybridized carbons (Fsp3) is 0.133. The van der Waals surface area contributed by atoms with Gasteiger partial charge in [-0.1, -0.05) is 6.07 Å². The molecular weight excluding hydrogens is 307 g/mol. The minimum absolute atomic E-state index is 0.109. The first-order valence-corrected chi connectivity index (χ1v) is 8.05. The van der Waals surface area contributed by atoms with Gasteiger partial charge in [0.15, 0.2) is 0 Å². The van der Waals surface area contributed by atoms with Crippen LogP contribution < -0.4 is 5.14 Å². The predicted molar refractivity (Wildman–Crippen MR) is 81.0 cm³/mol. The zero-order valence-corrected chi connectivity index (χ0v) is 12.3. The largest absolute Gasteiger partial charge is 0.392 e. The standard InChI is InChI=1S/C15H13FN2O3S/c16-11-2-3-12-13(7-18-14(12)6-11)9-1-4-15(22(17,20)21)10(5-9)8-19/h1-5,7,19H,6,8H2,(H2,17,20,21). The molecule has 0 aromatic heterocycles. The van der Waals surface area contributed by atoms with Gasteiger partial charge >= 0.3 is 0 Å². The van der Waals surface area contributed by atoms with Crippen molar-refractivity contribution in [3.8, 4) is 0 Å². The number of aliphatic imine (C=N–C) groups is 1. The molecule has 22 heavy (non-hydrogen) atoms. The van der Waals surface area contributed by atoms with Crippen molar-refractivity contribution in [1.82, 2.24) is 0 Å². The van der Waals surface area contributed by atoms with Crippen LogP contribution in [0.3, 0.4) is 0 Å². The van der Waals surface area contributed by atoms with Crippen LogP contribution >= 0.6 is 0 Å². The molecule has 114 valence electrons. The maximum atomic E-state index is 13.3. The highest BCUT2D eigenvalue weighted by atomic mass is 32.2. The van der Waals surface area contributed by atoms with Crippen LogP contribution in [0.25, 0.3) is 5.57 Å². The SMILES string of the molecule is NS(=O)(=O)c1ccc(C2=CN=C3CC(F)=CC=C23)cc1CO. The number of aliphatic hydroxyl groups is 1. The molecule has 0 saturated heterocycles. The number of nitrogens with zero attached hydrogens (tertiary/aromatic N) is 1. The molecule has 0 fully saturated rings. The van der Waals surface area contributed by atoms with Crippen molar-refractivity contribution in [1.29, 1.82) is 0 Å². The number of primary sulfonamides is 1. The molecule has 3 rings (SSSR count). The van der Waals surface area contributed by atoms with Crippen molar-refractivity contribution in [2.75, 3.05) is 0 Å². The van der Waals surface area contributed by atoms with Crippen molar-refractivity contribution < 1.29 is 17.9 Å². The number of allylic oxidation sites excluding steroid dienone is 5. The average molecular weight is 320 g/mol. The molecule has 0 unspecified atom stereocenters. The van der Waals surface area contributed by atoms with E-state index in [1.807, 2.05) is 0 Å². The first-order chi connectivity index (χ1) is 10.4. The molecule has 0 amide bonds. The minimum Gasteiger partial charge on any atom is -0.392 e. The lowest BCUT2D eigenvalue weighted by atomic mass is 9.92. The van der Waals surface area contributed by atoms with Gasteiger partial charge < -0.3 is 5.11 Å². The monoisotopic (exact) mass is 320 g/mol. The van der Waals surface area contributed by atoms with Crippen LogP contribution in [0.4, 0.5) is 4.39 Å². The maximum Gasteiger partial charge on any atom is 0.238 e. The first kappa shape index (κ1) is 14.8. The van der Waals surface area contributed by atoms with E-state index in [2.05, 4.69) is 4.99 Å². The van der Waals surface area contributed by atoms with Gasteiger partial charge in [-0.25, -0.2) is 17.9 Å². The summed E-state index contributed by atoms with van der Waals surface area (Å²) in [6.07, 6.45) is 4.79. The fourth-order valence-electron chi connectivity index (χ4n) is 2.53. The Morgan fingerprint density at radius 3 is 2.73 bits per heavy atom. The fourth-order valence-corrected chi connectivity index (χ4v) is 3.28. The van der Waals surface area contributed by atoms with E-state index in [4.69, 9.17) is 5.14 Å². The van der Waals surface area contributed by atoms with Gasteiger partial charge in [0, 0.05) is 23.8 Å². The van der Waals surface area contributed by atoms with Crippen LogP contribution in [-0.2, 0) is 16.6 Å². The molecule has 0 atom stereocenters. The van der Waals surface area contributed by atoms with Gasteiger partial charge in [-0.15, -0.1) is 0 Å². The topological polar surface area (TPSA) is 92.8 Å². The molecule has 5 nitrogen and oxygen atoms in total. The summed E-state index contributed by atoms with van der Waals surface area (Å²) in [5.41, 5.74) is 3.10. The number of hydrogen-bond acceptors (Lipinski definition) is 4. The van der Waals surface area contributed by atoms with Crippen molar-refractivity contribution in [3.05, 3.63) is 59.1 Å². The molecule has 1 aromatic carbocycles. The number of sulfonamides is 1. The van der Waals surface area contributed by atoms with Gasteiger partial charge in [0.05, 0.1) is 17.2 Å². The van der Waals surface area contributed by atoms with Crippen LogP contribution in [0.2, 0.25) is 0 Å². The van der Waals surface area contributed by atoms with Gasteiger partial charge in [0.1, 0.15) is 5.83 Å². The summed E-state index contributed by atoms with van der Waals surface area (Å²) >= 11 is 0. The van der Waals surface area contributed by atoms with Gasteiger partial charge in [0.2, 0.25) is 10.0 Å². The third-order valence-corrected chi connectivity index (χ3v) is 4.58. The summed E-state index contributed by atoms with van der Waals surface area (Å²) in [6.45, 7) is -0.450. The number of hydrogen-bond donors (Lipinski definition) is 2. The molecule has 0 saturated carbocycles. The van der Waals surface area contributed by atoms with Gasteiger partial charge in [-0.05, 0) is 35.4 Å². The predicted octanol–water partition coefficient (Wildman–Crippen LogP) is 1.81. The van der Waals surface area contributed by atoms with E-state index in [0.717, 1.165) is 11.1 Å². The van der Waals surface area contributed by atoms with E-state index >= 15 is 0 Å². The smallest absolute Gasteiger partial charge is 0.238 e. The molecule has 1 aliphatic heterocycles. The molecule has 7 heteroatoms. The average Bonchev–Trinajstić information content (AvgIpc) is 2.88. The number of benzene rings is 1.